The molecule has 4 heteroatoms. The van der Waals surface area contributed by atoms with Crippen LogP contribution in [0.5, 0.6) is 0 Å². The lowest BCUT2D eigenvalue weighted by Gasteiger charge is -2.08. The molecule has 1 aromatic heterocycles. The van der Waals surface area contributed by atoms with Crippen molar-refractivity contribution in [2.75, 3.05) is 0 Å². The molecule has 2 rings (SSSR count). The predicted octanol–water partition coefficient (Wildman–Crippen LogP) is 2.76. The maximum Gasteiger partial charge on any atom is 0.222 e. The molecule has 0 saturated heterocycles. The molecule has 0 atom stereocenters. The smallest absolute Gasteiger partial charge is 0.222 e. The zero-order valence-electron chi connectivity index (χ0n) is 9.67. The van der Waals surface area contributed by atoms with E-state index in [1.54, 1.807) is 0 Å². The maximum atomic E-state index is 13.5. The van der Waals surface area contributed by atoms with Crippen LogP contribution in [-0.4, -0.2) is 15.6 Å². The standard InChI is InChI=1S/C9H11FN2O.C2H6/c1-6(13)7-5-11-12(8(7)10)9(2)3-4-9;1-2/h5H,3-4H2,1-2H3;1-2H3. The number of halogens is 1. The normalized spacial score (nSPS) is 16.6. The zero-order chi connectivity index (χ0) is 11.6. The summed E-state index contributed by atoms with van der Waals surface area (Å²) in [5, 5.41) is 3.89. The summed E-state index contributed by atoms with van der Waals surface area (Å²) >= 11 is 0. The number of carbonyl (C=O) groups excluding carboxylic acids is 1. The quantitative estimate of drug-likeness (QED) is 0.706. The van der Waals surface area contributed by atoms with Gasteiger partial charge in [0.05, 0.1) is 17.3 Å². The Morgan fingerprint density at radius 1 is 1.53 bits per heavy atom. The van der Waals surface area contributed by atoms with E-state index in [2.05, 4.69) is 5.10 Å². The van der Waals surface area contributed by atoms with E-state index in [-0.39, 0.29) is 16.9 Å². The molecule has 1 fully saturated rings. The molecule has 0 bridgehead atoms. The summed E-state index contributed by atoms with van der Waals surface area (Å²) in [4.78, 5) is 10.9. The Morgan fingerprint density at radius 2 is 2.07 bits per heavy atom. The Kier molecular flexibility index (Phi) is 3.27. The van der Waals surface area contributed by atoms with Gasteiger partial charge in [0.15, 0.2) is 5.78 Å². The molecule has 1 aromatic rings. The number of carbonyl (C=O) groups is 1. The monoisotopic (exact) mass is 212 g/mol. The van der Waals surface area contributed by atoms with Gasteiger partial charge >= 0.3 is 0 Å². The summed E-state index contributed by atoms with van der Waals surface area (Å²) in [6, 6.07) is 0. The highest BCUT2D eigenvalue weighted by Gasteiger charge is 2.42. The Labute approximate surface area is 89.3 Å². The topological polar surface area (TPSA) is 34.9 Å². The van der Waals surface area contributed by atoms with Crippen molar-refractivity contribution in [3.63, 3.8) is 0 Å². The third kappa shape index (κ3) is 2.08. The Balaban J connectivity index is 0.000000531. The summed E-state index contributed by atoms with van der Waals surface area (Å²) in [6.07, 6.45) is 3.17. The van der Waals surface area contributed by atoms with Crippen LogP contribution in [0.25, 0.3) is 0 Å². The first kappa shape index (κ1) is 11.9. The fourth-order valence-electron chi connectivity index (χ4n) is 1.34. The largest absolute Gasteiger partial charge is 0.294 e. The van der Waals surface area contributed by atoms with Crippen molar-refractivity contribution in [1.82, 2.24) is 9.78 Å². The van der Waals surface area contributed by atoms with Crippen molar-refractivity contribution >= 4 is 5.78 Å². The van der Waals surface area contributed by atoms with Crippen LogP contribution in [0.2, 0.25) is 0 Å². The van der Waals surface area contributed by atoms with Gasteiger partial charge < -0.3 is 0 Å². The average molecular weight is 212 g/mol. The predicted molar refractivity (Wildman–Crippen MR) is 56.4 cm³/mol. The molecule has 0 unspecified atom stereocenters. The van der Waals surface area contributed by atoms with Crippen LogP contribution in [-0.2, 0) is 5.54 Å². The van der Waals surface area contributed by atoms with Crippen LogP contribution in [0, 0.1) is 5.95 Å². The number of hydrogen-bond acceptors (Lipinski definition) is 2. The van der Waals surface area contributed by atoms with Gasteiger partial charge in [-0.05, 0) is 26.7 Å². The van der Waals surface area contributed by atoms with E-state index in [9.17, 15) is 9.18 Å². The fraction of sp³-hybridized carbons (Fsp3) is 0.636. The molecule has 84 valence electrons. The average Bonchev–Trinajstić information content (AvgIpc) is 2.80. The van der Waals surface area contributed by atoms with E-state index in [0.717, 1.165) is 12.8 Å². The van der Waals surface area contributed by atoms with E-state index in [4.69, 9.17) is 0 Å². The van der Waals surface area contributed by atoms with Gasteiger partial charge in [0.2, 0.25) is 5.95 Å². The van der Waals surface area contributed by atoms with Crippen molar-refractivity contribution in [3.05, 3.63) is 17.7 Å². The molecule has 0 aliphatic heterocycles. The summed E-state index contributed by atoms with van der Waals surface area (Å²) < 4.78 is 14.8. The maximum absolute atomic E-state index is 13.5. The van der Waals surface area contributed by atoms with Gasteiger partial charge in [0.25, 0.3) is 0 Å². The molecule has 0 radical (unpaired) electrons. The molecule has 0 spiro atoms. The number of nitrogens with zero attached hydrogens (tertiary/aromatic N) is 2. The highest BCUT2D eigenvalue weighted by atomic mass is 19.1. The first-order valence-corrected chi connectivity index (χ1v) is 5.29. The van der Waals surface area contributed by atoms with Crippen molar-refractivity contribution in [2.24, 2.45) is 0 Å². The molecule has 3 nitrogen and oxygen atoms in total. The Morgan fingerprint density at radius 3 is 2.40 bits per heavy atom. The minimum Gasteiger partial charge on any atom is -0.294 e. The minimum absolute atomic E-state index is 0.0909. The third-order valence-corrected chi connectivity index (χ3v) is 2.57. The highest BCUT2D eigenvalue weighted by molar-refractivity contribution is 5.93. The number of ketones is 1. The van der Waals surface area contributed by atoms with Crippen LogP contribution < -0.4 is 0 Å². The summed E-state index contributed by atoms with van der Waals surface area (Å²) in [5.74, 6) is -0.763. The molecule has 1 heterocycles. The molecular formula is C11H17FN2O. The summed E-state index contributed by atoms with van der Waals surface area (Å²) in [5.41, 5.74) is -0.0919. The SMILES string of the molecule is CC.CC(=O)c1cnn(C2(C)CC2)c1F. The van der Waals surface area contributed by atoms with E-state index < -0.39 is 5.95 Å². The number of hydrogen-bond donors (Lipinski definition) is 0. The van der Waals surface area contributed by atoms with Gasteiger partial charge in [-0.2, -0.15) is 9.49 Å². The first-order valence-electron chi connectivity index (χ1n) is 5.29. The minimum atomic E-state index is -0.493. The fourth-order valence-corrected chi connectivity index (χ4v) is 1.34. The molecule has 1 aliphatic rings. The molecule has 0 aromatic carbocycles. The lowest BCUT2D eigenvalue weighted by Crippen LogP contribution is -2.16. The van der Waals surface area contributed by atoms with Crippen LogP contribution in [0.3, 0.4) is 0 Å². The number of Topliss-reactive ketones (excluding diaryl/α,β-unsaturated/α-hetero) is 1. The molecule has 1 aliphatic carbocycles. The van der Waals surface area contributed by atoms with Crippen LogP contribution in [0.4, 0.5) is 4.39 Å². The number of aromatic nitrogens is 2. The van der Waals surface area contributed by atoms with Crippen LogP contribution in [0.1, 0.15) is 50.9 Å². The molecule has 15 heavy (non-hydrogen) atoms. The van der Waals surface area contributed by atoms with E-state index in [1.807, 2.05) is 20.8 Å². The molecule has 0 amide bonds. The van der Waals surface area contributed by atoms with E-state index in [0.29, 0.717) is 0 Å². The van der Waals surface area contributed by atoms with Crippen molar-refractivity contribution < 1.29 is 9.18 Å². The second kappa shape index (κ2) is 4.13. The van der Waals surface area contributed by atoms with Gasteiger partial charge in [0.1, 0.15) is 0 Å². The lowest BCUT2D eigenvalue weighted by atomic mass is 10.2. The second-order valence-corrected chi connectivity index (χ2v) is 3.81. The summed E-state index contributed by atoms with van der Waals surface area (Å²) in [6.45, 7) is 7.28. The third-order valence-electron chi connectivity index (χ3n) is 2.57. The van der Waals surface area contributed by atoms with Gasteiger partial charge in [0, 0.05) is 0 Å². The zero-order valence-corrected chi connectivity index (χ0v) is 9.67. The second-order valence-electron chi connectivity index (χ2n) is 3.81. The lowest BCUT2D eigenvalue weighted by molar-refractivity contribution is 0.101. The Bertz CT molecular complexity index is 367. The van der Waals surface area contributed by atoms with E-state index in [1.165, 1.54) is 17.8 Å². The van der Waals surface area contributed by atoms with Crippen molar-refractivity contribution in [2.45, 2.75) is 46.1 Å². The van der Waals surface area contributed by atoms with Gasteiger partial charge in [-0.3, -0.25) is 4.79 Å². The van der Waals surface area contributed by atoms with Crippen LogP contribution >= 0.6 is 0 Å². The Hall–Kier alpha value is -1.19. The number of rotatable bonds is 2. The van der Waals surface area contributed by atoms with Gasteiger partial charge in [-0.1, -0.05) is 13.8 Å². The van der Waals surface area contributed by atoms with Gasteiger partial charge in [-0.15, -0.1) is 0 Å². The van der Waals surface area contributed by atoms with Crippen LogP contribution in [0.15, 0.2) is 6.20 Å². The summed E-state index contributed by atoms with van der Waals surface area (Å²) in [7, 11) is 0. The van der Waals surface area contributed by atoms with Gasteiger partial charge in [-0.25, -0.2) is 4.68 Å². The van der Waals surface area contributed by atoms with Crippen molar-refractivity contribution in [1.29, 1.82) is 0 Å². The first-order chi connectivity index (χ1) is 7.04. The molecule has 1 saturated carbocycles. The van der Waals surface area contributed by atoms with E-state index >= 15 is 0 Å². The highest BCUT2D eigenvalue weighted by Crippen LogP contribution is 2.43. The van der Waals surface area contributed by atoms with Crippen molar-refractivity contribution in [3.8, 4) is 0 Å². The molecular weight excluding hydrogens is 195 g/mol. The molecule has 0 N–H and O–H groups in total.